The van der Waals surface area contributed by atoms with Crippen LogP contribution >= 0.6 is 0 Å². The lowest BCUT2D eigenvalue weighted by molar-refractivity contribution is 0.627. The van der Waals surface area contributed by atoms with Crippen molar-refractivity contribution in [2.45, 2.75) is 11.8 Å². The van der Waals surface area contributed by atoms with E-state index in [4.69, 9.17) is 0 Å². The minimum Gasteiger partial charge on any atom is -0.255 e. The Morgan fingerprint density at radius 1 is 1.10 bits per heavy atom. The zero-order valence-electron chi connectivity index (χ0n) is 11.9. The van der Waals surface area contributed by atoms with Gasteiger partial charge in [0.2, 0.25) is 0 Å². The minimum absolute atomic E-state index is 0.214. The van der Waals surface area contributed by atoms with Crippen molar-refractivity contribution in [3.8, 4) is 0 Å². The van der Waals surface area contributed by atoms with E-state index in [2.05, 4.69) is 6.08 Å². The van der Waals surface area contributed by atoms with Crippen molar-refractivity contribution in [1.82, 2.24) is 0 Å². The lowest BCUT2D eigenvalue weighted by Gasteiger charge is -2.05. The molecule has 3 rings (SSSR count). The van der Waals surface area contributed by atoms with Crippen LogP contribution in [-0.4, -0.2) is 10.5 Å². The van der Waals surface area contributed by atoms with Crippen molar-refractivity contribution < 1.29 is 8.60 Å². The third-order valence-electron chi connectivity index (χ3n) is 3.62. The Morgan fingerprint density at radius 2 is 1.81 bits per heavy atom. The first-order valence-electron chi connectivity index (χ1n) is 6.68. The van der Waals surface area contributed by atoms with Crippen molar-refractivity contribution in [3.63, 3.8) is 0 Å². The average Bonchev–Trinajstić information content (AvgIpc) is 2.75. The quantitative estimate of drug-likeness (QED) is 0.796. The number of hydrogen-bond acceptors (Lipinski definition) is 1. The van der Waals surface area contributed by atoms with Gasteiger partial charge in [-0.15, -0.1) is 0 Å². The van der Waals surface area contributed by atoms with Crippen LogP contribution in [0.15, 0.2) is 52.9 Å². The fraction of sp³-hybridized carbons (Fsp3) is 0.111. The Hall–Kier alpha value is -2.00. The van der Waals surface area contributed by atoms with Gasteiger partial charge in [-0.05, 0) is 65.1 Å². The van der Waals surface area contributed by atoms with Crippen LogP contribution in [0.25, 0.3) is 17.7 Å². The fourth-order valence-electron chi connectivity index (χ4n) is 2.54. The fourth-order valence-corrected chi connectivity index (χ4v) is 3.06. The molecule has 0 radical (unpaired) electrons. The third kappa shape index (κ3) is 2.74. The predicted octanol–water partition coefficient (Wildman–Crippen LogP) is 4.52. The molecule has 0 N–H and O–H groups in total. The minimum atomic E-state index is -0.961. The maximum Gasteiger partial charge on any atom is 0.123 e. The zero-order chi connectivity index (χ0) is 15.0. The summed E-state index contributed by atoms with van der Waals surface area (Å²) in [7, 11) is -0.961. The molecule has 0 heterocycles. The first-order chi connectivity index (χ1) is 10.0. The summed E-state index contributed by atoms with van der Waals surface area (Å²) in [5.74, 6) is -0.214. The second kappa shape index (κ2) is 5.41. The van der Waals surface area contributed by atoms with E-state index < -0.39 is 10.8 Å². The normalized spacial score (nSPS) is 16.7. The SMILES string of the molecule is CC1=Cc2cc(F)ccc2/C1=C\c1ccc(S(C)=O)cc1. The Kier molecular flexibility index (Phi) is 3.60. The molecule has 2 aromatic carbocycles. The maximum atomic E-state index is 13.3. The van der Waals surface area contributed by atoms with E-state index in [0.717, 1.165) is 32.7 Å². The summed E-state index contributed by atoms with van der Waals surface area (Å²) in [4.78, 5) is 0.818. The molecule has 3 heteroatoms. The molecular formula is C18H15FOS. The molecule has 0 aromatic heterocycles. The van der Waals surface area contributed by atoms with Gasteiger partial charge in [0.05, 0.1) is 0 Å². The van der Waals surface area contributed by atoms with E-state index in [1.54, 1.807) is 12.3 Å². The van der Waals surface area contributed by atoms with Gasteiger partial charge in [-0.1, -0.05) is 24.3 Å². The summed E-state index contributed by atoms with van der Waals surface area (Å²) in [5.41, 5.74) is 5.25. The van der Waals surface area contributed by atoms with Crippen LogP contribution < -0.4 is 0 Å². The third-order valence-corrected chi connectivity index (χ3v) is 4.56. The van der Waals surface area contributed by atoms with Crippen molar-refractivity contribution in [2.75, 3.05) is 6.26 Å². The van der Waals surface area contributed by atoms with Crippen molar-refractivity contribution >= 4 is 28.5 Å². The van der Waals surface area contributed by atoms with Gasteiger partial charge in [0.1, 0.15) is 5.82 Å². The van der Waals surface area contributed by atoms with Crippen LogP contribution in [0, 0.1) is 5.82 Å². The molecule has 1 aliphatic rings. The number of hydrogen-bond donors (Lipinski definition) is 0. The number of halogens is 1. The lowest BCUT2D eigenvalue weighted by Crippen LogP contribution is -1.87. The second-order valence-corrected chi connectivity index (χ2v) is 6.52. The molecule has 2 aromatic rings. The summed E-state index contributed by atoms with van der Waals surface area (Å²) < 4.78 is 24.7. The number of fused-ring (bicyclic) bond motifs is 1. The Labute approximate surface area is 126 Å². The summed E-state index contributed by atoms with van der Waals surface area (Å²) in [5, 5.41) is 0. The highest BCUT2D eigenvalue weighted by molar-refractivity contribution is 7.84. The Morgan fingerprint density at radius 3 is 2.48 bits per heavy atom. The van der Waals surface area contributed by atoms with Gasteiger partial charge < -0.3 is 0 Å². The number of allylic oxidation sites excluding steroid dienone is 2. The Balaban J connectivity index is 2.01. The summed E-state index contributed by atoms with van der Waals surface area (Å²) >= 11 is 0. The van der Waals surface area contributed by atoms with Crippen molar-refractivity contribution in [2.24, 2.45) is 0 Å². The number of rotatable bonds is 2. The van der Waals surface area contributed by atoms with E-state index in [1.165, 1.54) is 6.07 Å². The highest BCUT2D eigenvalue weighted by Crippen LogP contribution is 2.36. The van der Waals surface area contributed by atoms with E-state index in [9.17, 15) is 8.60 Å². The van der Waals surface area contributed by atoms with E-state index >= 15 is 0 Å². The molecule has 0 saturated heterocycles. The van der Waals surface area contributed by atoms with Crippen LogP contribution in [0.5, 0.6) is 0 Å². The van der Waals surface area contributed by atoms with Crippen LogP contribution in [0.1, 0.15) is 23.6 Å². The van der Waals surface area contributed by atoms with E-state index in [-0.39, 0.29) is 5.82 Å². The summed E-state index contributed by atoms with van der Waals surface area (Å²) in [6.45, 7) is 2.03. The van der Waals surface area contributed by atoms with E-state index in [1.807, 2.05) is 43.3 Å². The van der Waals surface area contributed by atoms with Gasteiger partial charge in [-0.3, -0.25) is 4.21 Å². The molecule has 1 atom stereocenters. The van der Waals surface area contributed by atoms with Crippen LogP contribution in [0.3, 0.4) is 0 Å². The largest absolute Gasteiger partial charge is 0.255 e. The standard InChI is InChI=1S/C18H15FOS/c1-12-9-14-11-15(19)5-8-17(14)18(12)10-13-3-6-16(7-4-13)21(2)20/h3-11H,1-2H3/b18-10-. The molecule has 0 aliphatic heterocycles. The van der Waals surface area contributed by atoms with Gasteiger partial charge in [0.15, 0.2) is 0 Å². The average molecular weight is 298 g/mol. The van der Waals surface area contributed by atoms with Gasteiger partial charge >= 0.3 is 0 Å². The smallest absolute Gasteiger partial charge is 0.123 e. The molecule has 0 bridgehead atoms. The van der Waals surface area contributed by atoms with Gasteiger partial charge in [-0.25, -0.2) is 4.39 Å². The first kappa shape index (κ1) is 14.0. The second-order valence-electron chi connectivity index (χ2n) is 5.14. The highest BCUT2D eigenvalue weighted by atomic mass is 32.2. The topological polar surface area (TPSA) is 17.1 Å². The zero-order valence-corrected chi connectivity index (χ0v) is 12.7. The molecule has 0 spiro atoms. The van der Waals surface area contributed by atoms with Crippen LogP contribution in [0.2, 0.25) is 0 Å². The van der Waals surface area contributed by atoms with Crippen molar-refractivity contribution in [3.05, 3.63) is 70.5 Å². The molecule has 1 nitrogen and oxygen atoms in total. The lowest BCUT2D eigenvalue weighted by atomic mass is 10.0. The maximum absolute atomic E-state index is 13.3. The molecule has 0 amide bonds. The van der Waals surface area contributed by atoms with E-state index in [0.29, 0.717) is 0 Å². The number of benzene rings is 2. The molecule has 21 heavy (non-hydrogen) atoms. The first-order valence-corrected chi connectivity index (χ1v) is 8.24. The summed E-state index contributed by atoms with van der Waals surface area (Å²) in [6, 6.07) is 12.5. The highest BCUT2D eigenvalue weighted by Gasteiger charge is 2.16. The molecule has 1 aliphatic carbocycles. The Bertz CT molecular complexity index is 785. The molecule has 1 unspecified atom stereocenters. The predicted molar refractivity (Wildman–Crippen MR) is 86.7 cm³/mol. The van der Waals surface area contributed by atoms with Crippen molar-refractivity contribution in [1.29, 1.82) is 0 Å². The molecule has 0 saturated carbocycles. The molecule has 0 fully saturated rings. The molecular weight excluding hydrogens is 283 g/mol. The molecule has 106 valence electrons. The monoisotopic (exact) mass is 298 g/mol. The van der Waals surface area contributed by atoms with Gasteiger partial charge in [0, 0.05) is 22.0 Å². The van der Waals surface area contributed by atoms with Crippen LogP contribution in [-0.2, 0) is 10.8 Å². The van der Waals surface area contributed by atoms with Gasteiger partial charge in [0.25, 0.3) is 0 Å². The summed E-state index contributed by atoms with van der Waals surface area (Å²) in [6.07, 6.45) is 5.75. The van der Waals surface area contributed by atoms with Gasteiger partial charge in [-0.2, -0.15) is 0 Å². The van der Waals surface area contributed by atoms with Crippen LogP contribution in [0.4, 0.5) is 4.39 Å².